The number of hydrogen-bond acceptors (Lipinski definition) is 4. The number of nitrogens with one attached hydrogen (secondary N) is 2. The molecule has 2 bridgehead atoms. The molecule has 2 amide bonds. The van der Waals surface area contributed by atoms with Crippen LogP contribution >= 0.6 is 0 Å². The molecule has 33 heavy (non-hydrogen) atoms. The van der Waals surface area contributed by atoms with E-state index >= 15 is 0 Å². The molecule has 2 N–H and O–H groups in total. The Morgan fingerprint density at radius 2 is 1.52 bits per heavy atom. The van der Waals surface area contributed by atoms with Gasteiger partial charge < -0.3 is 15.5 Å². The van der Waals surface area contributed by atoms with Crippen molar-refractivity contribution >= 4 is 11.7 Å². The number of rotatable bonds is 5. The van der Waals surface area contributed by atoms with Crippen LogP contribution in [0.1, 0.15) is 49.7 Å². The third-order valence-electron chi connectivity index (χ3n) is 7.62. The molecule has 0 spiro atoms. The number of urea groups is 1. The van der Waals surface area contributed by atoms with Crippen LogP contribution in [0, 0.1) is 11.3 Å². The monoisotopic (exact) mass is 443 g/mol. The van der Waals surface area contributed by atoms with E-state index in [1.165, 1.54) is 18.4 Å². The van der Waals surface area contributed by atoms with Gasteiger partial charge in [0.15, 0.2) is 0 Å². The molecule has 6 heteroatoms. The van der Waals surface area contributed by atoms with Gasteiger partial charge in [-0.3, -0.25) is 4.90 Å². The molecule has 3 fully saturated rings. The normalized spacial score (nSPS) is 25.4. The van der Waals surface area contributed by atoms with Gasteiger partial charge in [0.1, 0.15) is 0 Å². The maximum absolute atomic E-state index is 12.7. The van der Waals surface area contributed by atoms with E-state index in [-0.39, 0.29) is 18.1 Å². The Hall–Kier alpha value is -3.04. The van der Waals surface area contributed by atoms with Crippen molar-refractivity contribution in [3.05, 3.63) is 65.7 Å². The van der Waals surface area contributed by atoms with Gasteiger partial charge in [-0.25, -0.2) is 4.79 Å². The largest absolute Gasteiger partial charge is 0.371 e. The van der Waals surface area contributed by atoms with Crippen LogP contribution in [-0.4, -0.2) is 48.2 Å². The van der Waals surface area contributed by atoms with Crippen molar-refractivity contribution in [2.24, 2.45) is 0 Å². The third-order valence-corrected chi connectivity index (χ3v) is 7.62. The number of amides is 2. The van der Waals surface area contributed by atoms with E-state index in [0.717, 1.165) is 51.0 Å². The Morgan fingerprint density at radius 1 is 0.879 bits per heavy atom. The number of fused-ring (bicyclic) bond motifs is 2. The minimum Gasteiger partial charge on any atom is -0.371 e. The second-order valence-corrected chi connectivity index (χ2v) is 9.75. The molecule has 2 aromatic carbocycles. The number of hydrogen-bond donors (Lipinski definition) is 2. The molecule has 0 radical (unpaired) electrons. The van der Waals surface area contributed by atoms with Gasteiger partial charge in [-0.15, -0.1) is 0 Å². The van der Waals surface area contributed by atoms with Crippen molar-refractivity contribution in [1.29, 1.82) is 5.26 Å². The molecule has 3 aliphatic heterocycles. The molecule has 0 saturated carbocycles. The minimum absolute atomic E-state index is 0.00673. The summed E-state index contributed by atoms with van der Waals surface area (Å²) < 4.78 is 0. The first-order valence-electron chi connectivity index (χ1n) is 12.3. The van der Waals surface area contributed by atoms with Gasteiger partial charge in [0.05, 0.1) is 11.6 Å². The molecule has 6 nitrogen and oxygen atoms in total. The fourth-order valence-corrected chi connectivity index (χ4v) is 5.89. The molecule has 2 atom stereocenters. The molecule has 0 aromatic heterocycles. The summed E-state index contributed by atoms with van der Waals surface area (Å²) in [5, 5.41) is 15.5. The van der Waals surface area contributed by atoms with Crippen LogP contribution in [0.25, 0.3) is 0 Å². The van der Waals surface area contributed by atoms with Crippen molar-refractivity contribution in [3.8, 4) is 6.07 Å². The Morgan fingerprint density at radius 3 is 2.15 bits per heavy atom. The summed E-state index contributed by atoms with van der Waals surface area (Å²) in [6.45, 7) is 2.85. The molecule has 5 rings (SSSR count). The molecule has 3 saturated heterocycles. The second kappa shape index (κ2) is 9.84. The van der Waals surface area contributed by atoms with Crippen molar-refractivity contribution < 1.29 is 4.79 Å². The summed E-state index contributed by atoms with van der Waals surface area (Å²) in [6, 6.07) is 22.3. The highest BCUT2D eigenvalue weighted by atomic mass is 16.2. The zero-order valence-corrected chi connectivity index (χ0v) is 19.1. The lowest BCUT2D eigenvalue weighted by Gasteiger charge is -2.39. The highest BCUT2D eigenvalue weighted by Gasteiger charge is 2.41. The summed E-state index contributed by atoms with van der Waals surface area (Å²) in [5.74, 6) is 0. The standard InChI is InChI=1S/C27H33N5O/c28-18-20-6-8-24(9-7-20)31-14-12-22(13-15-31)29-27(33)30-23-16-25-10-11-26(17-23)32(25)19-21-4-2-1-3-5-21/h1-9,22-23,25-26H,10-17,19H2,(H2,29,30,33). The molecule has 2 aromatic rings. The maximum Gasteiger partial charge on any atom is 0.315 e. The van der Waals surface area contributed by atoms with Crippen LogP contribution in [0.15, 0.2) is 54.6 Å². The zero-order chi connectivity index (χ0) is 22.6. The molecular weight excluding hydrogens is 410 g/mol. The zero-order valence-electron chi connectivity index (χ0n) is 19.1. The lowest BCUT2D eigenvalue weighted by molar-refractivity contribution is 0.111. The van der Waals surface area contributed by atoms with Crippen LogP contribution in [0.4, 0.5) is 10.5 Å². The quantitative estimate of drug-likeness (QED) is 0.732. The van der Waals surface area contributed by atoms with E-state index in [1.807, 2.05) is 24.3 Å². The van der Waals surface area contributed by atoms with Gasteiger partial charge in [-0.2, -0.15) is 5.26 Å². The Bertz CT molecular complexity index is 964. The fraction of sp³-hybridized carbons (Fsp3) is 0.481. The molecular formula is C27H33N5O. The number of nitriles is 1. The number of benzene rings is 2. The molecule has 3 heterocycles. The fourth-order valence-electron chi connectivity index (χ4n) is 5.89. The smallest absolute Gasteiger partial charge is 0.315 e. The van der Waals surface area contributed by atoms with Crippen LogP contribution in [0.2, 0.25) is 0 Å². The van der Waals surface area contributed by atoms with Crippen molar-refractivity contribution in [2.75, 3.05) is 18.0 Å². The van der Waals surface area contributed by atoms with Gasteiger partial charge in [0.25, 0.3) is 0 Å². The van der Waals surface area contributed by atoms with E-state index in [2.05, 4.69) is 56.8 Å². The highest BCUT2D eigenvalue weighted by molar-refractivity contribution is 5.74. The molecule has 172 valence electrons. The van der Waals surface area contributed by atoms with Gasteiger partial charge in [0.2, 0.25) is 0 Å². The van der Waals surface area contributed by atoms with Crippen LogP contribution in [-0.2, 0) is 6.54 Å². The first-order chi connectivity index (χ1) is 16.2. The predicted molar refractivity (Wildman–Crippen MR) is 130 cm³/mol. The van der Waals surface area contributed by atoms with Crippen molar-refractivity contribution in [1.82, 2.24) is 15.5 Å². The third kappa shape index (κ3) is 5.15. The van der Waals surface area contributed by atoms with Gasteiger partial charge >= 0.3 is 6.03 Å². The van der Waals surface area contributed by atoms with E-state index in [4.69, 9.17) is 5.26 Å². The summed E-state index contributed by atoms with van der Waals surface area (Å²) in [5.41, 5.74) is 3.21. The van der Waals surface area contributed by atoms with Crippen molar-refractivity contribution in [3.63, 3.8) is 0 Å². The average Bonchev–Trinajstić information content (AvgIpc) is 3.07. The first-order valence-corrected chi connectivity index (χ1v) is 12.3. The molecule has 0 aliphatic carbocycles. The van der Waals surface area contributed by atoms with E-state index in [0.29, 0.717) is 17.6 Å². The SMILES string of the molecule is N#Cc1ccc(N2CCC(NC(=O)NC3CC4CCC(C3)N4Cc3ccccc3)CC2)cc1. The summed E-state index contributed by atoms with van der Waals surface area (Å²) in [6.07, 6.45) is 6.46. The van der Waals surface area contributed by atoms with E-state index < -0.39 is 0 Å². The summed E-state index contributed by atoms with van der Waals surface area (Å²) in [7, 11) is 0. The second-order valence-electron chi connectivity index (χ2n) is 9.75. The van der Waals surface area contributed by atoms with Gasteiger partial charge in [-0.1, -0.05) is 30.3 Å². The molecule has 2 unspecified atom stereocenters. The minimum atomic E-state index is -0.00673. The average molecular weight is 444 g/mol. The first kappa shape index (κ1) is 21.8. The van der Waals surface area contributed by atoms with Crippen LogP contribution in [0.3, 0.4) is 0 Å². The van der Waals surface area contributed by atoms with Crippen molar-refractivity contribution in [2.45, 2.75) is 69.2 Å². The number of anilines is 1. The Kier molecular flexibility index (Phi) is 6.50. The van der Waals surface area contributed by atoms with Gasteiger partial charge in [-0.05, 0) is 68.4 Å². The highest BCUT2D eigenvalue weighted by Crippen LogP contribution is 2.36. The van der Waals surface area contributed by atoms with Crippen LogP contribution < -0.4 is 15.5 Å². The number of carbonyl (C=O) groups is 1. The number of piperidine rings is 2. The topological polar surface area (TPSA) is 71.4 Å². The predicted octanol–water partition coefficient (Wildman–Crippen LogP) is 4.02. The molecule has 3 aliphatic rings. The lowest BCUT2D eigenvalue weighted by Crippen LogP contribution is -2.54. The number of nitrogens with zero attached hydrogens (tertiary/aromatic N) is 3. The van der Waals surface area contributed by atoms with E-state index in [9.17, 15) is 4.79 Å². The van der Waals surface area contributed by atoms with Crippen LogP contribution in [0.5, 0.6) is 0 Å². The maximum atomic E-state index is 12.7. The number of carbonyl (C=O) groups excluding carboxylic acids is 1. The summed E-state index contributed by atoms with van der Waals surface area (Å²) >= 11 is 0. The van der Waals surface area contributed by atoms with E-state index in [1.54, 1.807) is 0 Å². The lowest BCUT2D eigenvalue weighted by atomic mass is 9.96. The Labute approximate surface area is 196 Å². The summed E-state index contributed by atoms with van der Waals surface area (Å²) in [4.78, 5) is 17.7. The Balaban J connectivity index is 1.07. The van der Waals surface area contributed by atoms with Gasteiger partial charge in [0, 0.05) is 49.5 Å².